The summed E-state index contributed by atoms with van der Waals surface area (Å²) >= 11 is 1.22. The number of carbonyl (C=O) groups is 2. The zero-order chi connectivity index (χ0) is 13.4. The van der Waals surface area contributed by atoms with Crippen molar-refractivity contribution in [2.24, 2.45) is 0 Å². The third-order valence-electron chi connectivity index (χ3n) is 2.25. The molecule has 0 saturated heterocycles. The standard InChI is InChI=1S/C12H18N2O3S.ClH/c1-9(15)10-3-4-11(18-10)12(16)14-6-5-13-7-8-17-2;/h3-4,13H,5-8H2,1-2H3,(H,14,16);1H. The van der Waals surface area contributed by atoms with Crippen LogP contribution in [0.1, 0.15) is 26.3 Å². The number of rotatable bonds is 8. The highest BCUT2D eigenvalue weighted by atomic mass is 35.5. The first-order valence-corrected chi connectivity index (χ1v) is 6.55. The summed E-state index contributed by atoms with van der Waals surface area (Å²) in [6.45, 7) is 4.16. The molecule has 0 aliphatic rings. The summed E-state index contributed by atoms with van der Waals surface area (Å²) in [5.74, 6) is -0.152. The number of halogens is 1. The normalized spacial score (nSPS) is 9.79. The molecule has 0 radical (unpaired) electrons. The van der Waals surface area contributed by atoms with Crippen molar-refractivity contribution in [1.29, 1.82) is 0 Å². The molecule has 1 rings (SSSR count). The number of ether oxygens (including phenoxy) is 1. The number of Topliss-reactive ketones (excluding diaryl/α,β-unsaturated/α-hetero) is 1. The summed E-state index contributed by atoms with van der Waals surface area (Å²) in [4.78, 5) is 24.0. The highest BCUT2D eigenvalue weighted by Gasteiger charge is 2.10. The van der Waals surface area contributed by atoms with Gasteiger partial charge in [0, 0.05) is 26.7 Å². The number of methoxy groups -OCH3 is 1. The number of carbonyl (C=O) groups excluding carboxylic acids is 2. The minimum atomic E-state index is -0.138. The van der Waals surface area contributed by atoms with Crippen molar-refractivity contribution in [3.05, 3.63) is 21.9 Å². The molecule has 0 saturated carbocycles. The van der Waals surface area contributed by atoms with Gasteiger partial charge in [-0.25, -0.2) is 0 Å². The Labute approximate surface area is 123 Å². The highest BCUT2D eigenvalue weighted by molar-refractivity contribution is 7.15. The van der Waals surface area contributed by atoms with Crippen LogP contribution in [0, 0.1) is 0 Å². The Morgan fingerprint density at radius 1 is 1.21 bits per heavy atom. The zero-order valence-corrected chi connectivity index (χ0v) is 12.7. The second-order valence-electron chi connectivity index (χ2n) is 3.72. The van der Waals surface area contributed by atoms with E-state index in [0.29, 0.717) is 29.5 Å². The molecule has 1 heterocycles. The summed E-state index contributed by atoms with van der Waals surface area (Å²) in [6, 6.07) is 3.35. The molecule has 0 unspecified atom stereocenters. The predicted octanol–water partition coefficient (Wildman–Crippen LogP) is 1.34. The first-order valence-electron chi connectivity index (χ1n) is 5.73. The Kier molecular flexibility index (Phi) is 9.42. The molecular weight excluding hydrogens is 288 g/mol. The number of thiophene rings is 1. The largest absolute Gasteiger partial charge is 0.383 e. The van der Waals surface area contributed by atoms with Gasteiger partial charge in [-0.1, -0.05) is 0 Å². The molecule has 0 fully saturated rings. The number of ketones is 1. The van der Waals surface area contributed by atoms with Crippen LogP contribution in [-0.4, -0.2) is 45.0 Å². The second-order valence-corrected chi connectivity index (χ2v) is 4.80. The van der Waals surface area contributed by atoms with E-state index in [1.54, 1.807) is 19.2 Å². The Balaban J connectivity index is 0.00000324. The molecule has 7 heteroatoms. The topological polar surface area (TPSA) is 67.4 Å². The minimum absolute atomic E-state index is 0. The third kappa shape index (κ3) is 6.68. The molecule has 1 amide bonds. The second kappa shape index (κ2) is 9.91. The number of hydrogen-bond acceptors (Lipinski definition) is 5. The average Bonchev–Trinajstić information content (AvgIpc) is 2.83. The van der Waals surface area contributed by atoms with Gasteiger partial charge in [0.25, 0.3) is 5.91 Å². The minimum Gasteiger partial charge on any atom is -0.383 e. The van der Waals surface area contributed by atoms with E-state index in [1.165, 1.54) is 18.3 Å². The van der Waals surface area contributed by atoms with E-state index in [2.05, 4.69) is 10.6 Å². The van der Waals surface area contributed by atoms with Crippen molar-refractivity contribution in [2.45, 2.75) is 6.92 Å². The van der Waals surface area contributed by atoms with E-state index in [-0.39, 0.29) is 24.1 Å². The molecule has 19 heavy (non-hydrogen) atoms. The van der Waals surface area contributed by atoms with E-state index >= 15 is 0 Å². The first kappa shape index (κ1) is 18.0. The Bertz CT molecular complexity index is 409. The van der Waals surface area contributed by atoms with Crippen LogP contribution in [0.4, 0.5) is 0 Å². The molecule has 0 bridgehead atoms. The van der Waals surface area contributed by atoms with Crippen LogP contribution >= 0.6 is 23.7 Å². The van der Waals surface area contributed by atoms with E-state index < -0.39 is 0 Å². The summed E-state index contributed by atoms with van der Waals surface area (Å²) in [5.41, 5.74) is 0. The van der Waals surface area contributed by atoms with E-state index in [0.717, 1.165) is 6.54 Å². The lowest BCUT2D eigenvalue weighted by Gasteiger charge is -2.05. The van der Waals surface area contributed by atoms with Gasteiger partial charge < -0.3 is 15.4 Å². The van der Waals surface area contributed by atoms with Crippen molar-refractivity contribution in [3.8, 4) is 0 Å². The highest BCUT2D eigenvalue weighted by Crippen LogP contribution is 2.16. The van der Waals surface area contributed by atoms with Crippen LogP contribution in [0.15, 0.2) is 12.1 Å². The summed E-state index contributed by atoms with van der Waals surface area (Å²) in [6.07, 6.45) is 0. The van der Waals surface area contributed by atoms with Gasteiger partial charge >= 0.3 is 0 Å². The first-order chi connectivity index (χ1) is 8.65. The summed E-state index contributed by atoms with van der Waals surface area (Å²) in [5, 5.41) is 5.91. The summed E-state index contributed by atoms with van der Waals surface area (Å²) in [7, 11) is 1.65. The smallest absolute Gasteiger partial charge is 0.261 e. The van der Waals surface area contributed by atoms with Gasteiger partial charge in [0.1, 0.15) is 0 Å². The van der Waals surface area contributed by atoms with Crippen molar-refractivity contribution in [2.75, 3.05) is 33.4 Å². The number of amides is 1. The fourth-order valence-electron chi connectivity index (χ4n) is 1.30. The maximum absolute atomic E-state index is 11.7. The van der Waals surface area contributed by atoms with Gasteiger partial charge in [0.2, 0.25) is 0 Å². The molecule has 1 aromatic rings. The quantitative estimate of drug-likeness (QED) is 0.562. The third-order valence-corrected chi connectivity index (χ3v) is 3.43. The SMILES string of the molecule is COCCNCCNC(=O)c1ccc(C(C)=O)s1.Cl. The molecule has 0 aliphatic carbocycles. The predicted molar refractivity (Wildman–Crippen MR) is 78.7 cm³/mol. The van der Waals surface area contributed by atoms with Crippen molar-refractivity contribution >= 4 is 35.4 Å². The van der Waals surface area contributed by atoms with E-state index in [1.807, 2.05) is 0 Å². The Morgan fingerprint density at radius 3 is 2.47 bits per heavy atom. The van der Waals surface area contributed by atoms with Crippen LogP contribution in [0.25, 0.3) is 0 Å². The Morgan fingerprint density at radius 2 is 1.89 bits per heavy atom. The van der Waals surface area contributed by atoms with Crippen LogP contribution < -0.4 is 10.6 Å². The molecule has 1 aromatic heterocycles. The molecule has 108 valence electrons. The lowest BCUT2D eigenvalue weighted by Crippen LogP contribution is -2.32. The monoisotopic (exact) mass is 306 g/mol. The van der Waals surface area contributed by atoms with Crippen LogP contribution in [0.5, 0.6) is 0 Å². The van der Waals surface area contributed by atoms with Gasteiger partial charge in [-0.05, 0) is 19.1 Å². The van der Waals surface area contributed by atoms with Crippen LogP contribution in [0.2, 0.25) is 0 Å². The van der Waals surface area contributed by atoms with E-state index in [4.69, 9.17) is 4.74 Å². The number of nitrogens with one attached hydrogen (secondary N) is 2. The van der Waals surface area contributed by atoms with Gasteiger partial charge in [-0.2, -0.15) is 0 Å². The van der Waals surface area contributed by atoms with Crippen molar-refractivity contribution in [3.63, 3.8) is 0 Å². The zero-order valence-electron chi connectivity index (χ0n) is 11.0. The van der Waals surface area contributed by atoms with E-state index in [9.17, 15) is 9.59 Å². The molecule has 0 spiro atoms. The number of hydrogen-bond donors (Lipinski definition) is 2. The molecular formula is C12H19ClN2O3S. The van der Waals surface area contributed by atoms with Crippen molar-refractivity contribution in [1.82, 2.24) is 10.6 Å². The lowest BCUT2D eigenvalue weighted by molar-refractivity contribution is 0.0957. The van der Waals surface area contributed by atoms with Crippen LogP contribution in [0.3, 0.4) is 0 Å². The molecule has 0 aromatic carbocycles. The molecule has 5 nitrogen and oxygen atoms in total. The van der Waals surface area contributed by atoms with Gasteiger partial charge in [0.05, 0.1) is 16.4 Å². The van der Waals surface area contributed by atoms with Crippen LogP contribution in [-0.2, 0) is 4.74 Å². The average molecular weight is 307 g/mol. The molecule has 0 aliphatic heterocycles. The van der Waals surface area contributed by atoms with Gasteiger partial charge in [0.15, 0.2) is 5.78 Å². The van der Waals surface area contributed by atoms with Gasteiger partial charge in [-0.15, -0.1) is 23.7 Å². The fraction of sp³-hybridized carbons (Fsp3) is 0.500. The lowest BCUT2D eigenvalue weighted by atomic mass is 10.3. The Hall–Kier alpha value is -0.950. The molecule has 0 atom stereocenters. The molecule has 2 N–H and O–H groups in total. The summed E-state index contributed by atoms with van der Waals surface area (Å²) < 4.78 is 4.88. The van der Waals surface area contributed by atoms with Crippen molar-refractivity contribution < 1.29 is 14.3 Å². The maximum Gasteiger partial charge on any atom is 0.261 e. The van der Waals surface area contributed by atoms with Gasteiger partial charge in [-0.3, -0.25) is 9.59 Å². The fourth-order valence-corrected chi connectivity index (χ4v) is 2.12. The maximum atomic E-state index is 11.7.